The molecule has 33 heavy (non-hydrogen) atoms. The maximum atomic E-state index is 14.2. The fourth-order valence-electron chi connectivity index (χ4n) is 6.28. The number of hydrogen-bond donors (Lipinski definition) is 0. The molecule has 0 bridgehead atoms. The summed E-state index contributed by atoms with van der Waals surface area (Å²) in [6, 6.07) is 21.6. The van der Waals surface area contributed by atoms with Crippen LogP contribution in [0.1, 0.15) is 50.2 Å². The van der Waals surface area contributed by atoms with Crippen LogP contribution in [0.2, 0.25) is 0 Å². The van der Waals surface area contributed by atoms with Crippen molar-refractivity contribution in [2.45, 2.75) is 31.8 Å². The molecule has 3 unspecified atom stereocenters. The summed E-state index contributed by atoms with van der Waals surface area (Å²) in [4.78, 5) is 43.8. The predicted molar refractivity (Wildman–Crippen MR) is 128 cm³/mol. The van der Waals surface area contributed by atoms with Crippen molar-refractivity contribution in [3.8, 4) is 0 Å². The van der Waals surface area contributed by atoms with Gasteiger partial charge in [0.2, 0.25) is 0 Å². The summed E-state index contributed by atoms with van der Waals surface area (Å²) in [5.74, 6) is -1.01. The van der Waals surface area contributed by atoms with Gasteiger partial charge in [-0.15, -0.1) is 0 Å². The average Bonchev–Trinajstić information content (AvgIpc) is 3.26. The van der Waals surface area contributed by atoms with Crippen molar-refractivity contribution in [2.75, 3.05) is 4.90 Å². The third-order valence-electron chi connectivity index (χ3n) is 7.53. The van der Waals surface area contributed by atoms with Crippen molar-refractivity contribution < 1.29 is 14.4 Å². The molecule has 0 N–H and O–H groups in total. The Balaban J connectivity index is 1.68. The molecule has 0 aromatic heterocycles. The van der Waals surface area contributed by atoms with Crippen LogP contribution in [-0.2, 0) is 4.79 Å². The van der Waals surface area contributed by atoms with Crippen LogP contribution in [0, 0.1) is 12.3 Å². The second-order valence-corrected chi connectivity index (χ2v) is 9.29. The molecule has 1 fully saturated rings. The third kappa shape index (κ3) is 2.44. The van der Waals surface area contributed by atoms with Gasteiger partial charge in [0.25, 0.3) is 0 Å². The van der Waals surface area contributed by atoms with Gasteiger partial charge in [0.15, 0.2) is 17.3 Å². The van der Waals surface area contributed by atoms with Gasteiger partial charge in [-0.25, -0.2) is 0 Å². The molecule has 4 heteroatoms. The van der Waals surface area contributed by atoms with E-state index in [1.807, 2.05) is 66.4 Å². The average molecular weight is 434 g/mol. The number of Topliss-reactive ketones (excluding diaryl/α,β-unsaturated/α-hetero) is 3. The van der Waals surface area contributed by atoms with Gasteiger partial charge in [-0.2, -0.15) is 0 Å². The molecule has 2 heterocycles. The van der Waals surface area contributed by atoms with E-state index in [0.717, 1.165) is 22.4 Å². The van der Waals surface area contributed by atoms with Crippen LogP contribution in [0.3, 0.4) is 0 Å². The number of nitrogens with zero attached hydrogens (tertiary/aromatic N) is 1. The monoisotopic (exact) mass is 433 g/mol. The SMILES string of the molecule is CC(=O)C1C(c2ccccc2)C2(C(=O)c3ccccc3C2=O)C2C=Cc3cc(C)ccc3N12. The molecule has 2 aliphatic heterocycles. The van der Waals surface area contributed by atoms with Crippen molar-refractivity contribution in [1.29, 1.82) is 0 Å². The van der Waals surface area contributed by atoms with Gasteiger partial charge in [-0.3, -0.25) is 14.4 Å². The van der Waals surface area contributed by atoms with Gasteiger partial charge in [0.1, 0.15) is 5.41 Å². The summed E-state index contributed by atoms with van der Waals surface area (Å²) in [7, 11) is 0. The molecule has 0 radical (unpaired) electrons. The number of rotatable bonds is 2. The van der Waals surface area contributed by atoms with E-state index < -0.39 is 23.4 Å². The Hall–Kier alpha value is -3.79. The molecule has 6 rings (SSSR count). The van der Waals surface area contributed by atoms with E-state index in [1.54, 1.807) is 31.2 Å². The summed E-state index contributed by atoms with van der Waals surface area (Å²) in [6.45, 7) is 3.60. The number of benzene rings is 3. The Morgan fingerprint density at radius 3 is 2.15 bits per heavy atom. The van der Waals surface area contributed by atoms with Crippen LogP contribution in [0.15, 0.2) is 78.9 Å². The topological polar surface area (TPSA) is 54.5 Å². The zero-order valence-corrected chi connectivity index (χ0v) is 18.5. The molecule has 1 saturated heterocycles. The maximum Gasteiger partial charge on any atom is 0.180 e. The van der Waals surface area contributed by atoms with Crippen molar-refractivity contribution in [3.05, 3.63) is 107 Å². The number of aryl methyl sites for hydroxylation is 1. The fraction of sp³-hybridized carbons (Fsp3) is 0.207. The predicted octanol–water partition coefficient (Wildman–Crippen LogP) is 5.02. The number of ketones is 3. The van der Waals surface area contributed by atoms with Crippen LogP contribution < -0.4 is 4.90 Å². The highest BCUT2D eigenvalue weighted by atomic mass is 16.2. The van der Waals surface area contributed by atoms with Gasteiger partial charge in [-0.1, -0.05) is 78.4 Å². The Bertz CT molecular complexity index is 1340. The molecular formula is C29H23NO3. The maximum absolute atomic E-state index is 14.2. The van der Waals surface area contributed by atoms with Gasteiger partial charge < -0.3 is 4.90 Å². The summed E-state index contributed by atoms with van der Waals surface area (Å²) >= 11 is 0. The highest BCUT2D eigenvalue weighted by Gasteiger charge is 2.71. The minimum Gasteiger partial charge on any atom is -0.352 e. The lowest BCUT2D eigenvalue weighted by Gasteiger charge is -2.37. The Morgan fingerprint density at radius 1 is 0.879 bits per heavy atom. The molecule has 1 spiro atoms. The zero-order chi connectivity index (χ0) is 22.9. The zero-order valence-electron chi connectivity index (χ0n) is 18.5. The first kappa shape index (κ1) is 19.9. The van der Waals surface area contributed by atoms with E-state index in [9.17, 15) is 14.4 Å². The van der Waals surface area contributed by atoms with E-state index in [1.165, 1.54) is 0 Å². The van der Waals surface area contributed by atoms with Crippen LogP contribution >= 0.6 is 0 Å². The summed E-state index contributed by atoms with van der Waals surface area (Å²) in [5, 5.41) is 0. The Labute approximate surface area is 192 Å². The third-order valence-corrected chi connectivity index (χ3v) is 7.53. The van der Waals surface area contributed by atoms with Crippen LogP contribution in [0.5, 0.6) is 0 Å². The molecule has 0 amide bonds. The molecule has 4 nitrogen and oxygen atoms in total. The van der Waals surface area contributed by atoms with Crippen molar-refractivity contribution >= 4 is 29.1 Å². The fourth-order valence-corrected chi connectivity index (χ4v) is 6.28. The Kier molecular flexibility index (Phi) is 4.12. The van der Waals surface area contributed by atoms with Crippen LogP contribution in [0.25, 0.3) is 6.08 Å². The van der Waals surface area contributed by atoms with Crippen molar-refractivity contribution in [3.63, 3.8) is 0 Å². The van der Waals surface area contributed by atoms with E-state index in [4.69, 9.17) is 0 Å². The molecule has 3 atom stereocenters. The molecular weight excluding hydrogens is 410 g/mol. The summed E-state index contributed by atoms with van der Waals surface area (Å²) in [6.07, 6.45) is 3.96. The number of fused-ring (bicyclic) bond motifs is 5. The van der Waals surface area contributed by atoms with E-state index in [-0.39, 0.29) is 17.3 Å². The highest BCUT2D eigenvalue weighted by Crippen LogP contribution is 2.60. The van der Waals surface area contributed by atoms with E-state index in [2.05, 4.69) is 6.07 Å². The van der Waals surface area contributed by atoms with Crippen LogP contribution in [0.4, 0.5) is 5.69 Å². The first-order valence-corrected chi connectivity index (χ1v) is 11.3. The van der Waals surface area contributed by atoms with Gasteiger partial charge in [0, 0.05) is 22.7 Å². The number of anilines is 1. The molecule has 1 aliphatic carbocycles. The second kappa shape index (κ2) is 6.85. The minimum atomic E-state index is -1.39. The quantitative estimate of drug-likeness (QED) is 0.533. The molecule has 0 saturated carbocycles. The van der Waals surface area contributed by atoms with Crippen molar-refractivity contribution in [2.24, 2.45) is 5.41 Å². The standard InChI is InChI=1S/C29H23NO3/c1-17-12-14-23-20(16-17)13-15-24-29(27(32)21-10-6-7-11-22(21)28(29)33)25(19-8-4-3-5-9-19)26(18(2)31)30(23)24/h3-16,24-26H,1-2H3. The summed E-state index contributed by atoms with van der Waals surface area (Å²) < 4.78 is 0. The lowest BCUT2D eigenvalue weighted by molar-refractivity contribution is -0.118. The lowest BCUT2D eigenvalue weighted by Crippen LogP contribution is -2.48. The van der Waals surface area contributed by atoms with E-state index >= 15 is 0 Å². The van der Waals surface area contributed by atoms with Gasteiger partial charge in [0.05, 0.1) is 12.1 Å². The van der Waals surface area contributed by atoms with Gasteiger partial charge >= 0.3 is 0 Å². The van der Waals surface area contributed by atoms with Crippen LogP contribution in [-0.4, -0.2) is 29.4 Å². The number of carbonyl (C=O) groups excluding carboxylic acids is 3. The highest BCUT2D eigenvalue weighted by molar-refractivity contribution is 6.32. The number of hydrogen-bond acceptors (Lipinski definition) is 4. The first-order chi connectivity index (χ1) is 16.0. The molecule has 3 aliphatic rings. The first-order valence-electron chi connectivity index (χ1n) is 11.3. The minimum absolute atomic E-state index is 0.0518. The second-order valence-electron chi connectivity index (χ2n) is 9.29. The summed E-state index contributed by atoms with van der Waals surface area (Å²) in [5.41, 5.74) is 3.36. The largest absolute Gasteiger partial charge is 0.352 e. The van der Waals surface area contributed by atoms with Gasteiger partial charge in [-0.05, 0) is 37.1 Å². The lowest BCUT2D eigenvalue weighted by atomic mass is 9.64. The number of carbonyl (C=O) groups is 3. The normalized spacial score (nSPS) is 24.1. The van der Waals surface area contributed by atoms with E-state index in [0.29, 0.717) is 11.1 Å². The smallest absolute Gasteiger partial charge is 0.180 e. The molecule has 162 valence electrons. The molecule has 3 aromatic rings. The molecule has 3 aromatic carbocycles. The van der Waals surface area contributed by atoms with Crippen molar-refractivity contribution in [1.82, 2.24) is 0 Å². The Morgan fingerprint density at radius 2 is 1.52 bits per heavy atom.